The molecule has 0 aliphatic heterocycles. The number of halogens is 1. The number of methoxy groups -OCH3 is 1. The number of para-hydroxylation sites is 1. The molecule has 2 aromatic rings. The highest BCUT2D eigenvalue weighted by atomic mass is 19.1. The lowest BCUT2D eigenvalue weighted by molar-refractivity contribution is -0.116. The molecule has 2 rings (SSSR count). The maximum atomic E-state index is 13.5. The van der Waals surface area contributed by atoms with E-state index in [4.69, 9.17) is 0 Å². The van der Waals surface area contributed by atoms with Crippen LogP contribution in [0.5, 0.6) is 0 Å². The summed E-state index contributed by atoms with van der Waals surface area (Å²) >= 11 is 0. The maximum Gasteiger partial charge on any atom is 0.339 e. The summed E-state index contributed by atoms with van der Waals surface area (Å²) in [6, 6.07) is 13.1. The number of carbonyl (C=O) groups is 2. The highest BCUT2D eigenvalue weighted by molar-refractivity contribution is 6.01. The second-order valence-electron chi connectivity index (χ2n) is 5.10. The van der Waals surface area contributed by atoms with Gasteiger partial charge in [-0.1, -0.05) is 30.3 Å². The Morgan fingerprint density at radius 2 is 1.79 bits per heavy atom. The maximum absolute atomic E-state index is 13.5. The van der Waals surface area contributed by atoms with E-state index in [9.17, 15) is 14.0 Å². The zero-order valence-corrected chi connectivity index (χ0v) is 13.3. The predicted molar refractivity (Wildman–Crippen MR) is 89.1 cm³/mol. The van der Waals surface area contributed by atoms with Crippen LogP contribution < -0.4 is 10.6 Å². The number of benzene rings is 2. The second-order valence-corrected chi connectivity index (χ2v) is 5.10. The first kappa shape index (κ1) is 17.6. The molecule has 0 spiro atoms. The van der Waals surface area contributed by atoms with Crippen molar-refractivity contribution in [3.63, 3.8) is 0 Å². The minimum absolute atomic E-state index is 0.198. The average Bonchev–Trinajstić information content (AvgIpc) is 2.60. The summed E-state index contributed by atoms with van der Waals surface area (Å²) in [5, 5.41) is 5.70. The van der Waals surface area contributed by atoms with E-state index >= 15 is 0 Å². The number of hydrogen-bond donors (Lipinski definition) is 2. The summed E-state index contributed by atoms with van der Waals surface area (Å²) in [5.41, 5.74) is 1.25. The zero-order valence-electron chi connectivity index (χ0n) is 13.3. The molecule has 6 heteroatoms. The van der Waals surface area contributed by atoms with Crippen LogP contribution in [-0.2, 0) is 16.1 Å². The SMILES string of the molecule is COC(=O)c1ccccc1NC(=O)CCNCc1ccccc1F. The van der Waals surface area contributed by atoms with Crippen molar-refractivity contribution in [3.8, 4) is 0 Å². The van der Waals surface area contributed by atoms with E-state index in [0.29, 0.717) is 29.9 Å². The molecule has 0 fully saturated rings. The van der Waals surface area contributed by atoms with Gasteiger partial charge in [0, 0.05) is 25.1 Å². The smallest absolute Gasteiger partial charge is 0.339 e. The minimum atomic E-state index is -0.511. The Bertz CT molecular complexity index is 719. The summed E-state index contributed by atoms with van der Waals surface area (Å²) in [6.45, 7) is 0.735. The van der Waals surface area contributed by atoms with Gasteiger partial charge in [-0.2, -0.15) is 0 Å². The molecule has 0 bridgehead atoms. The third kappa shape index (κ3) is 4.89. The molecule has 2 N–H and O–H groups in total. The van der Waals surface area contributed by atoms with E-state index in [1.165, 1.54) is 13.2 Å². The quantitative estimate of drug-likeness (QED) is 0.605. The second kappa shape index (κ2) is 8.79. The molecule has 0 unspecified atom stereocenters. The van der Waals surface area contributed by atoms with Gasteiger partial charge in [0.15, 0.2) is 0 Å². The van der Waals surface area contributed by atoms with Gasteiger partial charge < -0.3 is 15.4 Å². The highest BCUT2D eigenvalue weighted by Gasteiger charge is 2.12. The standard InChI is InChI=1S/C18H19FN2O3/c1-24-18(23)14-7-3-5-9-16(14)21-17(22)10-11-20-12-13-6-2-4-8-15(13)19/h2-9,20H,10-12H2,1H3,(H,21,22). The Morgan fingerprint density at radius 3 is 2.54 bits per heavy atom. The van der Waals surface area contributed by atoms with Crippen LogP contribution >= 0.6 is 0 Å². The fraction of sp³-hybridized carbons (Fsp3) is 0.222. The van der Waals surface area contributed by atoms with E-state index in [1.807, 2.05) is 0 Å². The molecule has 0 radical (unpaired) electrons. The predicted octanol–water partition coefficient (Wildman–Crippen LogP) is 2.73. The van der Waals surface area contributed by atoms with Gasteiger partial charge in [-0.15, -0.1) is 0 Å². The van der Waals surface area contributed by atoms with Crippen molar-refractivity contribution >= 4 is 17.6 Å². The molecule has 0 aliphatic rings. The molecule has 24 heavy (non-hydrogen) atoms. The number of rotatable bonds is 7. The van der Waals surface area contributed by atoms with Gasteiger partial charge in [0.1, 0.15) is 5.82 Å². The largest absolute Gasteiger partial charge is 0.465 e. The lowest BCUT2D eigenvalue weighted by Gasteiger charge is -2.10. The molecular weight excluding hydrogens is 311 g/mol. The normalized spacial score (nSPS) is 10.2. The third-order valence-corrected chi connectivity index (χ3v) is 3.41. The van der Waals surface area contributed by atoms with Crippen molar-refractivity contribution in [1.29, 1.82) is 0 Å². The Hall–Kier alpha value is -2.73. The summed E-state index contributed by atoms with van der Waals surface area (Å²) in [7, 11) is 1.29. The molecule has 0 heterocycles. The number of carbonyl (C=O) groups excluding carboxylic acids is 2. The Kier molecular flexibility index (Phi) is 6.45. The average molecular weight is 330 g/mol. The first-order valence-electron chi connectivity index (χ1n) is 7.53. The van der Waals surface area contributed by atoms with E-state index < -0.39 is 5.97 Å². The van der Waals surface area contributed by atoms with E-state index in [1.54, 1.807) is 42.5 Å². The number of hydrogen-bond acceptors (Lipinski definition) is 4. The van der Waals surface area contributed by atoms with Gasteiger partial charge in [0.2, 0.25) is 5.91 Å². The summed E-state index contributed by atoms with van der Waals surface area (Å²) in [6.07, 6.45) is 0.198. The molecular formula is C18H19FN2O3. The van der Waals surface area contributed by atoms with Crippen molar-refractivity contribution in [2.75, 3.05) is 19.0 Å². The third-order valence-electron chi connectivity index (χ3n) is 3.41. The van der Waals surface area contributed by atoms with Crippen molar-refractivity contribution in [2.45, 2.75) is 13.0 Å². The lowest BCUT2D eigenvalue weighted by Crippen LogP contribution is -2.22. The molecule has 0 saturated carbocycles. The number of anilines is 1. The van der Waals surface area contributed by atoms with Crippen LogP contribution in [0.1, 0.15) is 22.3 Å². The summed E-state index contributed by atoms with van der Waals surface area (Å²) in [4.78, 5) is 23.6. The number of esters is 1. The van der Waals surface area contributed by atoms with Crippen LogP contribution in [0.25, 0.3) is 0 Å². The fourth-order valence-corrected chi connectivity index (χ4v) is 2.16. The van der Waals surface area contributed by atoms with Gasteiger partial charge in [-0.3, -0.25) is 4.79 Å². The number of ether oxygens (including phenoxy) is 1. The number of amides is 1. The van der Waals surface area contributed by atoms with Crippen molar-refractivity contribution in [2.24, 2.45) is 0 Å². The van der Waals surface area contributed by atoms with Gasteiger partial charge in [0.25, 0.3) is 0 Å². The fourth-order valence-electron chi connectivity index (χ4n) is 2.16. The van der Waals surface area contributed by atoms with Gasteiger partial charge in [-0.25, -0.2) is 9.18 Å². The zero-order chi connectivity index (χ0) is 17.4. The van der Waals surface area contributed by atoms with Crippen molar-refractivity contribution < 1.29 is 18.7 Å². The number of nitrogens with one attached hydrogen (secondary N) is 2. The first-order valence-corrected chi connectivity index (χ1v) is 7.53. The Balaban J connectivity index is 1.82. The Morgan fingerprint density at radius 1 is 1.08 bits per heavy atom. The first-order chi connectivity index (χ1) is 11.6. The minimum Gasteiger partial charge on any atom is -0.465 e. The molecule has 5 nitrogen and oxygen atoms in total. The monoisotopic (exact) mass is 330 g/mol. The van der Waals surface area contributed by atoms with Gasteiger partial charge >= 0.3 is 5.97 Å². The van der Waals surface area contributed by atoms with Crippen LogP contribution in [-0.4, -0.2) is 25.5 Å². The van der Waals surface area contributed by atoms with Crippen LogP contribution in [0.15, 0.2) is 48.5 Å². The van der Waals surface area contributed by atoms with Gasteiger partial charge in [0.05, 0.1) is 18.4 Å². The summed E-state index contributed by atoms with van der Waals surface area (Å²) in [5.74, 6) is -1.03. The van der Waals surface area contributed by atoms with Crippen LogP contribution in [0.2, 0.25) is 0 Å². The van der Waals surface area contributed by atoms with Crippen LogP contribution in [0.3, 0.4) is 0 Å². The molecule has 1 amide bonds. The van der Waals surface area contributed by atoms with E-state index in [-0.39, 0.29) is 18.1 Å². The topological polar surface area (TPSA) is 67.4 Å². The van der Waals surface area contributed by atoms with Crippen LogP contribution in [0.4, 0.5) is 10.1 Å². The lowest BCUT2D eigenvalue weighted by atomic mass is 10.1. The summed E-state index contributed by atoms with van der Waals surface area (Å²) < 4.78 is 18.1. The van der Waals surface area contributed by atoms with Crippen molar-refractivity contribution in [1.82, 2.24) is 5.32 Å². The molecule has 0 aliphatic carbocycles. The molecule has 2 aromatic carbocycles. The molecule has 0 atom stereocenters. The van der Waals surface area contributed by atoms with Crippen LogP contribution in [0, 0.1) is 5.82 Å². The molecule has 126 valence electrons. The molecule has 0 saturated heterocycles. The Labute approximate surface area is 139 Å². The van der Waals surface area contributed by atoms with E-state index in [0.717, 1.165) is 0 Å². The highest BCUT2D eigenvalue weighted by Crippen LogP contribution is 2.16. The van der Waals surface area contributed by atoms with E-state index in [2.05, 4.69) is 15.4 Å². The molecule has 0 aromatic heterocycles. The van der Waals surface area contributed by atoms with Crippen molar-refractivity contribution in [3.05, 3.63) is 65.5 Å². The van der Waals surface area contributed by atoms with Gasteiger partial charge in [-0.05, 0) is 18.2 Å².